The summed E-state index contributed by atoms with van der Waals surface area (Å²) >= 11 is 0. The van der Waals surface area contributed by atoms with Gasteiger partial charge in [0.05, 0.1) is 24.7 Å². The van der Waals surface area contributed by atoms with Crippen LogP contribution in [0.25, 0.3) is 10.8 Å². The van der Waals surface area contributed by atoms with Crippen molar-refractivity contribution in [2.24, 2.45) is 0 Å². The molecule has 0 aliphatic heterocycles. The monoisotopic (exact) mass is 564 g/mol. The number of carbonyl (C=O) groups is 1. The van der Waals surface area contributed by atoms with Gasteiger partial charge in [-0.25, -0.2) is 18.1 Å². The Morgan fingerprint density at radius 2 is 1.75 bits per heavy atom. The molecule has 10 nitrogen and oxygen atoms in total. The molecule has 0 spiro atoms. The first kappa shape index (κ1) is 28.5. The van der Waals surface area contributed by atoms with Crippen LogP contribution in [-0.2, 0) is 14.8 Å². The van der Waals surface area contributed by atoms with Crippen molar-refractivity contribution in [1.29, 1.82) is 0 Å². The topological polar surface area (TPSA) is 142 Å². The van der Waals surface area contributed by atoms with Crippen LogP contribution in [0.5, 0.6) is 17.2 Å². The summed E-state index contributed by atoms with van der Waals surface area (Å²) in [6.07, 6.45) is 1.49. The summed E-state index contributed by atoms with van der Waals surface area (Å²) in [5, 5.41) is 4.73. The number of carbonyl (C=O) groups excluding carboxylic acids is 1. The van der Waals surface area contributed by atoms with Crippen LogP contribution >= 0.6 is 0 Å². The molecule has 4 N–H and O–H groups in total. The number of pyridine rings is 1. The van der Waals surface area contributed by atoms with E-state index in [2.05, 4.69) is 15.0 Å². The van der Waals surface area contributed by atoms with Crippen LogP contribution in [0.1, 0.15) is 32.4 Å². The van der Waals surface area contributed by atoms with Crippen LogP contribution in [0, 0.1) is 0 Å². The Hall–Kier alpha value is -4.51. The van der Waals surface area contributed by atoms with Crippen LogP contribution < -0.4 is 30.0 Å². The van der Waals surface area contributed by atoms with Crippen LogP contribution in [0.2, 0.25) is 0 Å². The quantitative estimate of drug-likeness (QED) is 0.237. The second-order valence-electron chi connectivity index (χ2n) is 9.16. The first-order chi connectivity index (χ1) is 19.1. The summed E-state index contributed by atoms with van der Waals surface area (Å²) < 4.78 is 45.2. The minimum Gasteiger partial charge on any atom is -0.497 e. The molecule has 1 atom stereocenters. The maximum atomic E-state index is 13.6. The fraction of sp³-hybridized carbons (Fsp3) is 0.241. The molecule has 40 heavy (non-hydrogen) atoms. The van der Waals surface area contributed by atoms with E-state index in [1.165, 1.54) is 31.4 Å². The molecule has 0 saturated carbocycles. The number of anilines is 2. The van der Waals surface area contributed by atoms with Crippen LogP contribution in [0.3, 0.4) is 0 Å². The zero-order chi connectivity index (χ0) is 28.9. The van der Waals surface area contributed by atoms with E-state index in [1.807, 2.05) is 26.8 Å². The molecule has 4 aromatic rings. The lowest BCUT2D eigenvalue weighted by atomic mass is 10.0. The summed E-state index contributed by atoms with van der Waals surface area (Å²) in [5.41, 5.74) is 7.03. The van der Waals surface area contributed by atoms with Gasteiger partial charge in [-0.15, -0.1) is 0 Å². The number of amides is 1. The van der Waals surface area contributed by atoms with Gasteiger partial charge in [-0.1, -0.05) is 6.07 Å². The molecule has 1 unspecified atom stereocenters. The Labute approximate surface area is 233 Å². The number of methoxy groups -OCH3 is 1. The van der Waals surface area contributed by atoms with Crippen molar-refractivity contribution < 1.29 is 27.4 Å². The second-order valence-corrected chi connectivity index (χ2v) is 10.8. The smallest absolute Gasteiger partial charge is 0.264 e. The first-order valence-electron chi connectivity index (χ1n) is 12.7. The van der Waals surface area contributed by atoms with Gasteiger partial charge in [-0.3, -0.25) is 4.79 Å². The molecule has 1 heterocycles. The lowest BCUT2D eigenvalue weighted by Crippen LogP contribution is -2.37. The van der Waals surface area contributed by atoms with Gasteiger partial charge in [0, 0.05) is 17.3 Å². The first-order valence-corrected chi connectivity index (χ1v) is 14.1. The van der Waals surface area contributed by atoms with Gasteiger partial charge in [0.1, 0.15) is 17.6 Å². The number of nitrogens with two attached hydrogens (primary N) is 1. The van der Waals surface area contributed by atoms with Crippen molar-refractivity contribution in [2.75, 3.05) is 24.8 Å². The Kier molecular flexibility index (Phi) is 8.64. The molecule has 210 valence electrons. The average Bonchev–Trinajstić information content (AvgIpc) is 2.92. The molecular weight excluding hydrogens is 532 g/mol. The van der Waals surface area contributed by atoms with Gasteiger partial charge in [-0.05, 0) is 92.4 Å². The molecule has 1 aromatic heterocycles. The Morgan fingerprint density at radius 3 is 2.42 bits per heavy atom. The zero-order valence-corrected chi connectivity index (χ0v) is 23.5. The van der Waals surface area contributed by atoms with Gasteiger partial charge < -0.3 is 25.3 Å². The fourth-order valence-electron chi connectivity index (χ4n) is 4.09. The maximum Gasteiger partial charge on any atom is 0.264 e. The van der Waals surface area contributed by atoms with Crippen molar-refractivity contribution in [3.63, 3.8) is 0 Å². The molecule has 0 bridgehead atoms. The molecule has 0 radical (unpaired) electrons. The van der Waals surface area contributed by atoms with Crippen molar-refractivity contribution in [1.82, 2.24) is 9.71 Å². The summed E-state index contributed by atoms with van der Waals surface area (Å²) in [6, 6.07) is 16.8. The molecule has 0 aliphatic carbocycles. The number of aromatic nitrogens is 1. The van der Waals surface area contributed by atoms with Crippen LogP contribution in [0.15, 0.2) is 77.8 Å². The number of rotatable bonds is 11. The molecule has 0 fully saturated rings. The largest absolute Gasteiger partial charge is 0.497 e. The number of ether oxygens (including phenoxy) is 3. The van der Waals surface area contributed by atoms with Crippen molar-refractivity contribution >= 4 is 38.2 Å². The van der Waals surface area contributed by atoms with E-state index in [-0.39, 0.29) is 11.0 Å². The average molecular weight is 565 g/mol. The van der Waals surface area contributed by atoms with Crippen molar-refractivity contribution in [3.05, 3.63) is 78.5 Å². The van der Waals surface area contributed by atoms with E-state index in [0.29, 0.717) is 40.9 Å². The van der Waals surface area contributed by atoms with E-state index >= 15 is 0 Å². The third-order valence-electron chi connectivity index (χ3n) is 5.94. The Bertz CT molecular complexity index is 1610. The second kappa shape index (κ2) is 12.1. The van der Waals surface area contributed by atoms with Gasteiger partial charge in [-0.2, -0.15) is 0 Å². The van der Waals surface area contributed by atoms with E-state index < -0.39 is 22.0 Å². The van der Waals surface area contributed by atoms with E-state index in [1.54, 1.807) is 42.6 Å². The molecule has 0 saturated heterocycles. The highest BCUT2D eigenvalue weighted by Crippen LogP contribution is 2.33. The lowest BCUT2D eigenvalue weighted by molar-refractivity contribution is -0.120. The number of nitrogens with zero attached hydrogens (tertiary/aromatic N) is 1. The molecule has 3 aromatic carbocycles. The van der Waals surface area contributed by atoms with Crippen molar-refractivity contribution in [2.45, 2.75) is 37.8 Å². The number of benzene rings is 3. The Balaban J connectivity index is 1.73. The highest BCUT2D eigenvalue weighted by molar-refractivity contribution is 7.90. The predicted molar refractivity (Wildman–Crippen MR) is 154 cm³/mol. The van der Waals surface area contributed by atoms with Gasteiger partial charge in [0.25, 0.3) is 15.9 Å². The minimum atomic E-state index is -4.19. The van der Waals surface area contributed by atoms with E-state index in [0.717, 1.165) is 10.8 Å². The third kappa shape index (κ3) is 6.55. The number of hydrogen-bond acceptors (Lipinski definition) is 9. The summed E-state index contributed by atoms with van der Waals surface area (Å²) in [7, 11) is -2.71. The maximum absolute atomic E-state index is 13.6. The zero-order valence-electron chi connectivity index (χ0n) is 22.7. The minimum absolute atomic E-state index is 0.0789. The number of nitrogen functional groups attached to an aromatic ring is 1. The standard InChI is InChI=1S/C29H32N4O6S/c1-5-38-26-17-20(6-13-25(26)39-18(2)3)27(32-21-7-12-24-19(16-21)14-15-31-28(24)30)29(34)33-40(35,36)23-10-8-22(37-4)9-11-23/h6-18,27,32H,5H2,1-4H3,(H2,30,31)(H,33,34). The molecule has 4 rings (SSSR count). The highest BCUT2D eigenvalue weighted by atomic mass is 32.2. The summed E-state index contributed by atoms with van der Waals surface area (Å²) in [6.45, 7) is 6.00. The number of nitrogens with one attached hydrogen (secondary N) is 2. The molecular formula is C29H32N4O6S. The lowest BCUT2D eigenvalue weighted by Gasteiger charge is -2.22. The van der Waals surface area contributed by atoms with Gasteiger partial charge in [0.15, 0.2) is 11.5 Å². The van der Waals surface area contributed by atoms with Crippen LogP contribution in [0.4, 0.5) is 11.5 Å². The number of hydrogen-bond donors (Lipinski definition) is 3. The normalized spacial score (nSPS) is 12.1. The third-order valence-corrected chi connectivity index (χ3v) is 7.30. The Morgan fingerprint density at radius 1 is 1.00 bits per heavy atom. The van der Waals surface area contributed by atoms with E-state index in [9.17, 15) is 13.2 Å². The number of sulfonamides is 1. The SMILES string of the molecule is CCOc1cc(C(Nc2ccc3c(N)nccc3c2)C(=O)NS(=O)(=O)c2ccc(OC)cc2)ccc1OC(C)C. The van der Waals surface area contributed by atoms with Gasteiger partial charge in [0.2, 0.25) is 0 Å². The van der Waals surface area contributed by atoms with Crippen molar-refractivity contribution in [3.8, 4) is 17.2 Å². The van der Waals surface area contributed by atoms with Gasteiger partial charge >= 0.3 is 0 Å². The molecule has 0 aliphatic rings. The summed E-state index contributed by atoms with van der Waals surface area (Å²) in [4.78, 5) is 17.7. The van der Waals surface area contributed by atoms with Crippen LogP contribution in [-0.4, -0.2) is 39.1 Å². The molecule has 1 amide bonds. The predicted octanol–water partition coefficient (Wildman–Crippen LogP) is 4.67. The molecule has 11 heteroatoms. The highest BCUT2D eigenvalue weighted by Gasteiger charge is 2.27. The van der Waals surface area contributed by atoms with E-state index in [4.69, 9.17) is 19.9 Å². The summed E-state index contributed by atoms with van der Waals surface area (Å²) in [5.74, 6) is 1.03. The fourth-order valence-corrected chi connectivity index (χ4v) is 5.08. The number of fused-ring (bicyclic) bond motifs is 1.